The third-order valence-electron chi connectivity index (χ3n) is 8.56. The van der Waals surface area contributed by atoms with E-state index in [0.717, 1.165) is 69.8 Å². The fourth-order valence-electron chi connectivity index (χ4n) is 6.91. The number of nitrogens with one attached hydrogen (secondary N) is 1. The van der Waals surface area contributed by atoms with E-state index in [9.17, 15) is 26.4 Å². The Kier molecular flexibility index (Phi) is 5.87. The van der Waals surface area contributed by atoms with Crippen molar-refractivity contribution in [2.24, 2.45) is 17.3 Å². The monoisotopic (exact) mass is 508 g/mol. The molecule has 2 aliphatic carbocycles. The number of carbonyl (C=O) groups excluding carboxylic acids is 1. The van der Waals surface area contributed by atoms with Crippen molar-refractivity contribution in [2.45, 2.75) is 73.7 Å². The lowest BCUT2D eigenvalue weighted by molar-refractivity contribution is -0.120. The van der Waals surface area contributed by atoms with E-state index in [1.165, 1.54) is 12.1 Å². The lowest BCUT2D eigenvalue weighted by Crippen LogP contribution is -2.56. The summed E-state index contributed by atoms with van der Waals surface area (Å²) in [6, 6.07) is 5.30. The summed E-state index contributed by atoms with van der Waals surface area (Å²) in [5.74, 6) is 1.04. The Hall–Kier alpha value is -2.25. The molecule has 1 amide bonds. The minimum absolute atomic E-state index is 0.0274. The van der Waals surface area contributed by atoms with Crippen LogP contribution in [0.25, 0.3) is 0 Å². The third-order valence-corrected chi connectivity index (χ3v) is 10.0. The van der Waals surface area contributed by atoms with Gasteiger partial charge in [-0.15, -0.1) is 5.73 Å². The SMILES string of the molecule is C=C=C(CC1CC2(CCC(=O)N2)C1)N1CC2(CC[C@@H](Cc3cccc(S(=O)(=O)C(F)(F)F)c3)C2)C1. The van der Waals surface area contributed by atoms with Crippen LogP contribution in [-0.2, 0) is 21.1 Å². The second-order valence-corrected chi connectivity index (χ2v) is 13.1. The number of hydrogen-bond acceptors (Lipinski definition) is 4. The Morgan fingerprint density at radius 2 is 1.91 bits per heavy atom. The quantitative estimate of drug-likeness (QED) is 0.564. The predicted octanol–water partition coefficient (Wildman–Crippen LogP) is 4.74. The molecule has 1 atom stereocenters. The molecule has 9 heteroatoms. The van der Waals surface area contributed by atoms with Crippen molar-refractivity contribution in [3.8, 4) is 0 Å². The molecule has 2 spiro atoms. The minimum Gasteiger partial charge on any atom is -0.367 e. The second kappa shape index (κ2) is 8.41. The van der Waals surface area contributed by atoms with Gasteiger partial charge in [-0.3, -0.25) is 4.79 Å². The van der Waals surface area contributed by atoms with E-state index < -0.39 is 20.2 Å². The van der Waals surface area contributed by atoms with Crippen molar-refractivity contribution in [3.05, 3.63) is 47.8 Å². The van der Waals surface area contributed by atoms with Crippen LogP contribution in [0.3, 0.4) is 0 Å². The fraction of sp³-hybridized carbons (Fsp3) is 0.615. The van der Waals surface area contributed by atoms with Gasteiger partial charge in [0, 0.05) is 30.5 Å². The third kappa shape index (κ3) is 4.53. The van der Waals surface area contributed by atoms with Gasteiger partial charge in [-0.05, 0) is 80.9 Å². The molecule has 1 aromatic rings. The molecule has 1 N–H and O–H groups in total. The van der Waals surface area contributed by atoms with Gasteiger partial charge < -0.3 is 10.2 Å². The highest BCUT2D eigenvalue weighted by atomic mass is 32.2. The maximum absolute atomic E-state index is 12.9. The Balaban J connectivity index is 1.13. The smallest absolute Gasteiger partial charge is 0.367 e. The van der Waals surface area contributed by atoms with Crippen molar-refractivity contribution in [1.82, 2.24) is 10.2 Å². The topological polar surface area (TPSA) is 66.5 Å². The Morgan fingerprint density at radius 3 is 2.54 bits per heavy atom. The summed E-state index contributed by atoms with van der Waals surface area (Å²) in [5, 5.41) is 3.14. The largest absolute Gasteiger partial charge is 0.501 e. The van der Waals surface area contributed by atoms with Crippen LogP contribution in [0, 0.1) is 17.3 Å². The summed E-state index contributed by atoms with van der Waals surface area (Å²) < 4.78 is 62.3. The molecular formula is C26H31F3N2O3S. The van der Waals surface area contributed by atoms with Crippen molar-refractivity contribution in [3.63, 3.8) is 0 Å². The number of halogens is 3. The standard InChI is InChI=1S/C26H31F3N2O3S/c1-2-21(11-20-14-25(15-20)9-7-23(32)30-25)31-16-24(17-31)8-6-19(13-24)10-18-4-3-5-22(12-18)35(33,34)26(27,28)29/h3-5,12,19-20H,1,6-11,13-17H2,(H,30,32)/t19-,20?,25?/m0/s1. The zero-order chi connectivity index (χ0) is 25.1. The number of sulfone groups is 1. The average molecular weight is 509 g/mol. The normalized spacial score (nSPS) is 29.6. The number of nitrogens with zero attached hydrogens (tertiary/aromatic N) is 1. The second-order valence-electron chi connectivity index (χ2n) is 11.2. The summed E-state index contributed by atoms with van der Waals surface area (Å²) in [6.07, 6.45) is 8.18. The first-order valence-electron chi connectivity index (χ1n) is 12.3. The molecule has 4 aliphatic rings. The number of allylic oxidation sites excluding steroid dienone is 1. The molecule has 4 fully saturated rings. The molecule has 5 nitrogen and oxygen atoms in total. The number of carbonyl (C=O) groups is 1. The first-order valence-corrected chi connectivity index (χ1v) is 13.8. The molecule has 0 aromatic heterocycles. The first-order chi connectivity index (χ1) is 16.4. The van der Waals surface area contributed by atoms with Gasteiger partial charge in [0.25, 0.3) is 9.84 Å². The molecule has 0 radical (unpaired) electrons. The number of likely N-dealkylation sites (tertiary alicyclic amines) is 1. The molecule has 0 bridgehead atoms. The lowest BCUT2D eigenvalue weighted by atomic mass is 9.65. The summed E-state index contributed by atoms with van der Waals surface area (Å²) in [7, 11) is -5.33. The van der Waals surface area contributed by atoms with Gasteiger partial charge in [0.1, 0.15) is 0 Å². The van der Waals surface area contributed by atoms with Crippen molar-refractivity contribution < 1.29 is 26.4 Å². The van der Waals surface area contributed by atoms with E-state index in [-0.39, 0.29) is 16.9 Å². The molecule has 0 unspecified atom stereocenters. The van der Waals surface area contributed by atoms with E-state index in [2.05, 4.69) is 22.5 Å². The highest BCUT2D eigenvalue weighted by Gasteiger charge is 2.51. The van der Waals surface area contributed by atoms with Crippen LogP contribution in [0.2, 0.25) is 0 Å². The van der Waals surface area contributed by atoms with Gasteiger partial charge in [-0.25, -0.2) is 8.42 Å². The lowest BCUT2D eigenvalue weighted by Gasteiger charge is -2.52. The van der Waals surface area contributed by atoms with Gasteiger partial charge in [-0.1, -0.05) is 18.7 Å². The number of amides is 1. The number of hydrogen-bond donors (Lipinski definition) is 1. The maximum atomic E-state index is 12.9. The molecule has 2 saturated heterocycles. The molecule has 2 saturated carbocycles. The van der Waals surface area contributed by atoms with Crippen LogP contribution < -0.4 is 5.32 Å². The average Bonchev–Trinajstić information content (AvgIpc) is 3.34. The fourth-order valence-corrected chi connectivity index (χ4v) is 7.74. The Morgan fingerprint density at radius 1 is 1.17 bits per heavy atom. The van der Waals surface area contributed by atoms with E-state index in [0.29, 0.717) is 30.2 Å². The molecule has 2 aliphatic heterocycles. The van der Waals surface area contributed by atoms with Crippen LogP contribution >= 0.6 is 0 Å². The van der Waals surface area contributed by atoms with Crippen LogP contribution in [0.5, 0.6) is 0 Å². The van der Waals surface area contributed by atoms with Gasteiger partial charge in [0.15, 0.2) is 0 Å². The van der Waals surface area contributed by atoms with Crippen LogP contribution in [0.1, 0.15) is 56.9 Å². The zero-order valence-electron chi connectivity index (χ0n) is 19.7. The van der Waals surface area contributed by atoms with Gasteiger partial charge >= 0.3 is 5.51 Å². The zero-order valence-corrected chi connectivity index (χ0v) is 20.5. The number of benzene rings is 1. The van der Waals surface area contributed by atoms with E-state index >= 15 is 0 Å². The first kappa shape index (κ1) is 24.4. The Bertz CT molecular complexity index is 1170. The number of alkyl halides is 3. The van der Waals surface area contributed by atoms with Crippen LogP contribution in [-0.4, -0.2) is 43.4 Å². The minimum atomic E-state index is -5.33. The maximum Gasteiger partial charge on any atom is 0.501 e. The van der Waals surface area contributed by atoms with Gasteiger partial charge in [-0.2, -0.15) is 13.2 Å². The van der Waals surface area contributed by atoms with E-state index in [1.54, 1.807) is 6.07 Å². The molecule has 1 aromatic carbocycles. The summed E-state index contributed by atoms with van der Waals surface area (Å²) in [5.41, 5.74) is -0.132. The van der Waals surface area contributed by atoms with E-state index in [4.69, 9.17) is 0 Å². The molecule has 35 heavy (non-hydrogen) atoms. The summed E-state index contributed by atoms with van der Waals surface area (Å²) in [4.78, 5) is 13.2. The van der Waals surface area contributed by atoms with E-state index in [1.807, 2.05) is 0 Å². The van der Waals surface area contributed by atoms with Crippen LogP contribution in [0.4, 0.5) is 13.2 Å². The van der Waals surface area contributed by atoms with Crippen molar-refractivity contribution in [2.75, 3.05) is 13.1 Å². The molecular weight excluding hydrogens is 477 g/mol. The van der Waals surface area contributed by atoms with Gasteiger partial charge in [0.05, 0.1) is 10.6 Å². The summed E-state index contributed by atoms with van der Waals surface area (Å²) >= 11 is 0. The predicted molar refractivity (Wildman–Crippen MR) is 125 cm³/mol. The highest BCUT2D eigenvalue weighted by Crippen LogP contribution is 2.52. The Labute approximate surface area is 204 Å². The van der Waals surface area contributed by atoms with Crippen molar-refractivity contribution in [1.29, 1.82) is 0 Å². The summed E-state index contributed by atoms with van der Waals surface area (Å²) in [6.45, 7) is 5.79. The number of rotatable bonds is 6. The highest BCUT2D eigenvalue weighted by molar-refractivity contribution is 7.92. The van der Waals surface area contributed by atoms with Gasteiger partial charge in [0.2, 0.25) is 5.91 Å². The van der Waals surface area contributed by atoms with Crippen LogP contribution in [0.15, 0.2) is 47.2 Å². The molecule has 2 heterocycles. The molecule has 190 valence electrons. The molecule has 5 rings (SSSR count). The van der Waals surface area contributed by atoms with Crippen molar-refractivity contribution >= 4 is 15.7 Å².